The summed E-state index contributed by atoms with van der Waals surface area (Å²) in [7, 11) is 3.04. The normalized spacial score (nSPS) is 26.1. The number of hydrogen-bond donors (Lipinski definition) is 0. The molecule has 0 aromatic carbocycles. The molecule has 1 amide bonds. The van der Waals surface area contributed by atoms with Crippen molar-refractivity contribution in [1.29, 1.82) is 0 Å². The molecular formula is C14H23NO4. The smallest absolute Gasteiger partial charge is 0.410 e. The van der Waals surface area contributed by atoms with Crippen LogP contribution >= 0.6 is 0 Å². The summed E-state index contributed by atoms with van der Waals surface area (Å²) in [5.41, 5.74) is -1.20. The van der Waals surface area contributed by atoms with Crippen molar-refractivity contribution in [3.8, 4) is 0 Å². The molecule has 0 fully saturated rings. The summed E-state index contributed by atoms with van der Waals surface area (Å²) < 4.78 is 10.1. The van der Waals surface area contributed by atoms with E-state index < -0.39 is 17.1 Å². The van der Waals surface area contributed by atoms with Crippen molar-refractivity contribution in [2.45, 2.75) is 45.8 Å². The van der Waals surface area contributed by atoms with Crippen LogP contribution in [0.1, 0.15) is 34.1 Å². The molecule has 0 aromatic rings. The maximum Gasteiger partial charge on any atom is 0.410 e. The van der Waals surface area contributed by atoms with Gasteiger partial charge in [-0.15, -0.1) is 0 Å². The number of nitrogens with zero attached hydrogens (tertiary/aromatic N) is 1. The SMILES string of the molecule is COC(=O)[C@@]1(C)C=C[C@@H](N(C)C(=O)OC(C)(C)C)C1. The number of ether oxygens (including phenoxy) is 2. The number of carbonyl (C=O) groups is 2. The highest BCUT2D eigenvalue weighted by Crippen LogP contribution is 2.35. The molecular weight excluding hydrogens is 246 g/mol. The van der Waals surface area contributed by atoms with Crippen molar-refractivity contribution in [3.05, 3.63) is 12.2 Å². The zero-order valence-electron chi connectivity index (χ0n) is 12.5. The van der Waals surface area contributed by atoms with E-state index in [1.165, 1.54) is 12.0 Å². The highest BCUT2D eigenvalue weighted by Gasteiger charge is 2.40. The third-order valence-electron chi connectivity index (χ3n) is 3.15. The summed E-state index contributed by atoms with van der Waals surface area (Å²) in [6, 6.07) is -0.154. The van der Waals surface area contributed by atoms with Crippen molar-refractivity contribution in [2.75, 3.05) is 14.2 Å². The predicted octanol–water partition coefficient (Wildman–Crippen LogP) is 2.36. The summed E-state index contributed by atoms with van der Waals surface area (Å²) in [5.74, 6) is -0.288. The fourth-order valence-corrected chi connectivity index (χ4v) is 2.01. The van der Waals surface area contributed by atoms with Crippen LogP contribution in [0.3, 0.4) is 0 Å². The van der Waals surface area contributed by atoms with Crippen molar-refractivity contribution >= 4 is 12.1 Å². The minimum Gasteiger partial charge on any atom is -0.468 e. The molecule has 1 aliphatic rings. The largest absolute Gasteiger partial charge is 0.468 e. The average Bonchev–Trinajstić information content (AvgIpc) is 2.68. The number of amides is 1. The summed E-state index contributed by atoms with van der Waals surface area (Å²) in [6.45, 7) is 7.27. The first-order valence-corrected chi connectivity index (χ1v) is 6.33. The lowest BCUT2D eigenvalue weighted by molar-refractivity contribution is -0.149. The Kier molecular flexibility index (Phi) is 4.28. The Morgan fingerprint density at radius 3 is 2.42 bits per heavy atom. The molecule has 0 aromatic heterocycles. The monoisotopic (exact) mass is 269 g/mol. The molecule has 19 heavy (non-hydrogen) atoms. The van der Waals surface area contributed by atoms with Gasteiger partial charge >= 0.3 is 12.1 Å². The highest BCUT2D eigenvalue weighted by molar-refractivity contribution is 5.80. The zero-order chi connectivity index (χ0) is 14.8. The van der Waals surface area contributed by atoms with E-state index >= 15 is 0 Å². The summed E-state index contributed by atoms with van der Waals surface area (Å²) in [4.78, 5) is 25.2. The van der Waals surface area contributed by atoms with Gasteiger partial charge in [-0.05, 0) is 34.1 Å². The molecule has 1 aliphatic carbocycles. The number of likely N-dealkylation sites (N-methyl/N-ethyl adjacent to an activating group) is 1. The number of methoxy groups -OCH3 is 1. The molecule has 5 nitrogen and oxygen atoms in total. The van der Waals surface area contributed by atoms with E-state index in [1.54, 1.807) is 20.0 Å². The van der Waals surface area contributed by atoms with E-state index in [4.69, 9.17) is 9.47 Å². The number of esters is 1. The molecule has 1 rings (SSSR count). The van der Waals surface area contributed by atoms with E-state index in [0.717, 1.165) is 0 Å². The third-order valence-corrected chi connectivity index (χ3v) is 3.15. The zero-order valence-corrected chi connectivity index (χ0v) is 12.5. The molecule has 0 saturated heterocycles. The molecule has 0 aliphatic heterocycles. The number of hydrogen-bond acceptors (Lipinski definition) is 4. The van der Waals surface area contributed by atoms with Gasteiger partial charge in [0, 0.05) is 7.05 Å². The lowest BCUT2D eigenvalue weighted by Crippen LogP contribution is -2.41. The van der Waals surface area contributed by atoms with Gasteiger partial charge in [-0.3, -0.25) is 4.79 Å². The summed E-state index contributed by atoms with van der Waals surface area (Å²) >= 11 is 0. The Morgan fingerprint density at radius 1 is 1.37 bits per heavy atom. The second-order valence-corrected chi connectivity index (χ2v) is 6.13. The van der Waals surface area contributed by atoms with Gasteiger partial charge in [-0.1, -0.05) is 12.2 Å². The lowest BCUT2D eigenvalue weighted by atomic mass is 9.89. The van der Waals surface area contributed by atoms with Gasteiger partial charge in [-0.25, -0.2) is 4.79 Å². The van der Waals surface area contributed by atoms with Gasteiger partial charge in [-0.2, -0.15) is 0 Å². The van der Waals surface area contributed by atoms with Crippen LogP contribution in [0.25, 0.3) is 0 Å². The van der Waals surface area contributed by atoms with Crippen LogP contribution in [0.2, 0.25) is 0 Å². The van der Waals surface area contributed by atoms with Crippen LogP contribution in [0, 0.1) is 5.41 Å². The van der Waals surface area contributed by atoms with Crippen LogP contribution in [0.15, 0.2) is 12.2 Å². The molecule has 0 unspecified atom stereocenters. The standard InChI is InChI=1S/C14H23NO4/c1-13(2,3)19-12(17)15(5)10-7-8-14(4,9-10)11(16)18-6/h7-8,10H,9H2,1-6H3/t10-,14+/m1/s1. The first kappa shape index (κ1) is 15.5. The summed E-state index contributed by atoms with van der Waals surface area (Å²) in [6.07, 6.45) is 3.76. The average molecular weight is 269 g/mol. The molecule has 0 radical (unpaired) electrons. The molecule has 2 atom stereocenters. The van der Waals surface area contributed by atoms with Crippen molar-refractivity contribution in [3.63, 3.8) is 0 Å². The topological polar surface area (TPSA) is 55.8 Å². The second-order valence-electron chi connectivity index (χ2n) is 6.13. The molecule has 108 valence electrons. The quantitative estimate of drug-likeness (QED) is 0.570. The first-order valence-electron chi connectivity index (χ1n) is 6.33. The maximum absolute atomic E-state index is 11.9. The lowest BCUT2D eigenvalue weighted by Gasteiger charge is -2.29. The predicted molar refractivity (Wildman–Crippen MR) is 71.7 cm³/mol. The highest BCUT2D eigenvalue weighted by atomic mass is 16.6. The van der Waals surface area contributed by atoms with Gasteiger partial charge in [0.15, 0.2) is 0 Å². The molecule has 0 bridgehead atoms. The fraction of sp³-hybridized carbons (Fsp3) is 0.714. The van der Waals surface area contributed by atoms with E-state index in [-0.39, 0.29) is 12.0 Å². The van der Waals surface area contributed by atoms with Crippen molar-refractivity contribution in [1.82, 2.24) is 4.90 Å². The Labute approximate surface area is 114 Å². The van der Waals surface area contributed by atoms with Gasteiger partial charge in [0.05, 0.1) is 18.6 Å². The molecule has 0 N–H and O–H groups in total. The van der Waals surface area contributed by atoms with Crippen LogP contribution in [-0.2, 0) is 14.3 Å². The Bertz CT molecular complexity index is 397. The van der Waals surface area contributed by atoms with Crippen LogP contribution < -0.4 is 0 Å². The van der Waals surface area contributed by atoms with Crippen LogP contribution in [0.4, 0.5) is 4.79 Å². The second kappa shape index (κ2) is 5.23. The first-order chi connectivity index (χ1) is 8.59. The maximum atomic E-state index is 11.9. The van der Waals surface area contributed by atoms with Crippen LogP contribution in [0.5, 0.6) is 0 Å². The van der Waals surface area contributed by atoms with Crippen molar-refractivity contribution < 1.29 is 19.1 Å². The van der Waals surface area contributed by atoms with Gasteiger partial charge in [0.2, 0.25) is 0 Å². The van der Waals surface area contributed by atoms with Gasteiger partial charge in [0.25, 0.3) is 0 Å². The molecule has 0 saturated carbocycles. The minimum absolute atomic E-state index is 0.154. The Balaban J connectivity index is 2.68. The third kappa shape index (κ3) is 3.72. The fourth-order valence-electron chi connectivity index (χ4n) is 2.01. The van der Waals surface area contributed by atoms with Gasteiger partial charge in [0.1, 0.15) is 5.60 Å². The molecule has 5 heteroatoms. The Morgan fingerprint density at radius 2 is 1.95 bits per heavy atom. The van der Waals surface area contributed by atoms with Crippen LogP contribution in [-0.4, -0.2) is 42.8 Å². The van der Waals surface area contributed by atoms with Crippen molar-refractivity contribution in [2.24, 2.45) is 5.41 Å². The van der Waals surface area contributed by atoms with Gasteiger partial charge < -0.3 is 14.4 Å². The van der Waals surface area contributed by atoms with E-state index in [2.05, 4.69) is 0 Å². The Hall–Kier alpha value is -1.52. The van der Waals surface area contributed by atoms with E-state index in [1.807, 2.05) is 26.8 Å². The molecule has 0 heterocycles. The minimum atomic E-state index is -0.671. The molecule has 0 spiro atoms. The number of rotatable bonds is 2. The van der Waals surface area contributed by atoms with E-state index in [9.17, 15) is 9.59 Å². The summed E-state index contributed by atoms with van der Waals surface area (Å²) in [5, 5.41) is 0. The number of carbonyl (C=O) groups excluding carboxylic acids is 2. The van der Waals surface area contributed by atoms with E-state index in [0.29, 0.717) is 6.42 Å².